The van der Waals surface area contributed by atoms with Gasteiger partial charge in [-0.3, -0.25) is 14.2 Å². The molecule has 1 N–H and O–H groups in total. The molecule has 176 valence electrons. The summed E-state index contributed by atoms with van der Waals surface area (Å²) in [5.41, 5.74) is 2.76. The Morgan fingerprint density at radius 3 is 2.74 bits per heavy atom. The van der Waals surface area contributed by atoms with Gasteiger partial charge in [-0.05, 0) is 54.5 Å². The number of aryl methyl sites for hydroxylation is 1. The van der Waals surface area contributed by atoms with E-state index in [4.69, 9.17) is 4.74 Å². The maximum Gasteiger partial charge on any atom is 0.272 e. The molecule has 0 bridgehead atoms. The zero-order valence-electron chi connectivity index (χ0n) is 19.2. The van der Waals surface area contributed by atoms with Crippen LogP contribution in [0, 0.1) is 0 Å². The van der Waals surface area contributed by atoms with Gasteiger partial charge in [0.1, 0.15) is 10.4 Å². The Morgan fingerprint density at radius 1 is 1.15 bits per heavy atom. The molecule has 34 heavy (non-hydrogen) atoms. The summed E-state index contributed by atoms with van der Waals surface area (Å²) in [6.45, 7) is 2.37. The van der Waals surface area contributed by atoms with E-state index in [1.54, 1.807) is 11.7 Å². The molecule has 0 aliphatic heterocycles. The van der Waals surface area contributed by atoms with Gasteiger partial charge in [-0.2, -0.15) is 0 Å². The van der Waals surface area contributed by atoms with E-state index in [2.05, 4.69) is 22.4 Å². The van der Waals surface area contributed by atoms with Crippen LogP contribution in [-0.4, -0.2) is 34.4 Å². The van der Waals surface area contributed by atoms with E-state index in [1.807, 2.05) is 60.8 Å². The average molecular weight is 494 g/mol. The van der Waals surface area contributed by atoms with Crippen LogP contribution < -0.4 is 15.6 Å². The maximum atomic E-state index is 13.2. The lowest BCUT2D eigenvalue weighted by atomic mass is 10.1. The number of benzene rings is 2. The number of amides is 1. The predicted octanol–water partition coefficient (Wildman–Crippen LogP) is 4.74. The summed E-state index contributed by atoms with van der Waals surface area (Å²) in [5.74, 6) is 0.850. The first-order valence-electron chi connectivity index (χ1n) is 11.1. The largest absolute Gasteiger partial charge is 0.497 e. The summed E-state index contributed by atoms with van der Waals surface area (Å²) in [4.78, 5) is 30.5. The molecule has 0 aliphatic carbocycles. The Hall–Kier alpha value is -3.10. The maximum absolute atomic E-state index is 13.2. The number of nitrogens with zero attached hydrogens (tertiary/aromatic N) is 2. The second kappa shape index (κ2) is 11.4. The molecule has 1 atom stereocenters. The third-order valence-electron chi connectivity index (χ3n) is 5.45. The molecule has 6 nitrogen and oxygen atoms in total. The normalized spacial score (nSPS) is 11.9. The Bertz CT molecular complexity index is 1320. The van der Waals surface area contributed by atoms with Gasteiger partial charge in [0.25, 0.3) is 5.56 Å². The lowest BCUT2D eigenvalue weighted by Crippen LogP contribution is -2.34. The topological polar surface area (TPSA) is 73.2 Å². The third kappa shape index (κ3) is 6.07. The molecule has 0 saturated carbocycles. The molecule has 0 unspecified atom stereocenters. The van der Waals surface area contributed by atoms with Crippen molar-refractivity contribution in [1.82, 2.24) is 14.9 Å². The van der Waals surface area contributed by atoms with Gasteiger partial charge in [0.05, 0.1) is 24.9 Å². The smallest absolute Gasteiger partial charge is 0.272 e. The van der Waals surface area contributed by atoms with E-state index in [9.17, 15) is 9.59 Å². The first-order valence-corrected chi connectivity index (χ1v) is 13.0. The average Bonchev–Trinajstić information content (AvgIpc) is 3.33. The molecule has 1 amide bonds. The summed E-state index contributed by atoms with van der Waals surface area (Å²) in [6, 6.07) is 19.8. The first-order chi connectivity index (χ1) is 16.5. The van der Waals surface area contributed by atoms with Crippen LogP contribution in [0.4, 0.5) is 0 Å². The third-order valence-corrected chi connectivity index (χ3v) is 7.32. The zero-order valence-corrected chi connectivity index (χ0v) is 20.8. The van der Waals surface area contributed by atoms with Crippen molar-refractivity contribution in [3.05, 3.63) is 87.5 Å². The van der Waals surface area contributed by atoms with Gasteiger partial charge in [0, 0.05) is 6.04 Å². The molecule has 0 radical (unpaired) electrons. The van der Waals surface area contributed by atoms with Crippen molar-refractivity contribution in [3.8, 4) is 5.75 Å². The van der Waals surface area contributed by atoms with Gasteiger partial charge >= 0.3 is 0 Å². The second-order valence-corrected chi connectivity index (χ2v) is 9.91. The van der Waals surface area contributed by atoms with Gasteiger partial charge in [-0.15, -0.1) is 11.3 Å². The minimum atomic E-state index is -0.0954. The number of hydrogen-bond acceptors (Lipinski definition) is 6. The Kier molecular flexibility index (Phi) is 8.03. The number of fused-ring (bicyclic) bond motifs is 1. The summed E-state index contributed by atoms with van der Waals surface area (Å²) < 4.78 is 7.58. The number of rotatable bonds is 10. The number of methoxy groups -OCH3 is 1. The Labute approximate surface area is 207 Å². The highest BCUT2D eigenvalue weighted by molar-refractivity contribution is 7.99. The van der Waals surface area contributed by atoms with Gasteiger partial charge in [-0.25, -0.2) is 4.98 Å². The van der Waals surface area contributed by atoms with Gasteiger partial charge < -0.3 is 10.1 Å². The van der Waals surface area contributed by atoms with Crippen LogP contribution >= 0.6 is 23.1 Å². The van der Waals surface area contributed by atoms with E-state index in [0.717, 1.165) is 24.2 Å². The number of ether oxygens (including phenoxy) is 1. The van der Waals surface area contributed by atoms with Crippen molar-refractivity contribution < 1.29 is 9.53 Å². The minimum Gasteiger partial charge on any atom is -0.497 e. The monoisotopic (exact) mass is 493 g/mol. The summed E-state index contributed by atoms with van der Waals surface area (Å²) >= 11 is 2.67. The SMILES string of the molecule is COc1cccc(Cn2c(SCC(=O)N[C@H](C)CCc3ccccc3)nc3ccsc3c2=O)c1. The fourth-order valence-electron chi connectivity index (χ4n) is 3.67. The molecule has 0 spiro atoms. The molecular weight excluding hydrogens is 466 g/mol. The number of thioether (sulfide) groups is 1. The van der Waals surface area contributed by atoms with Crippen LogP contribution in [0.1, 0.15) is 24.5 Å². The van der Waals surface area contributed by atoms with E-state index >= 15 is 0 Å². The molecular formula is C26H27N3O3S2. The highest BCUT2D eigenvalue weighted by Crippen LogP contribution is 2.22. The predicted molar refractivity (Wildman–Crippen MR) is 139 cm³/mol. The van der Waals surface area contributed by atoms with Gasteiger partial charge in [0.2, 0.25) is 5.91 Å². The standard InChI is InChI=1S/C26H27N3O3S2/c1-18(11-12-19-7-4-3-5-8-19)27-23(30)17-34-26-28-22-13-14-33-24(22)25(31)29(26)16-20-9-6-10-21(15-20)32-2/h3-10,13-15,18H,11-12,16-17H2,1-2H3,(H,27,30)/t18-/m1/s1. The number of nitrogens with one attached hydrogen (secondary N) is 1. The van der Waals surface area contributed by atoms with Crippen LogP contribution in [0.2, 0.25) is 0 Å². The Morgan fingerprint density at radius 2 is 1.94 bits per heavy atom. The lowest BCUT2D eigenvalue weighted by Gasteiger charge is -2.15. The van der Waals surface area contributed by atoms with Crippen molar-refractivity contribution in [2.75, 3.05) is 12.9 Å². The number of hydrogen-bond donors (Lipinski definition) is 1. The molecule has 2 aromatic carbocycles. The molecule has 0 aliphatic rings. The Balaban J connectivity index is 1.44. The molecule has 4 aromatic rings. The molecule has 8 heteroatoms. The summed E-state index contributed by atoms with van der Waals surface area (Å²) in [5, 5.41) is 5.46. The highest BCUT2D eigenvalue weighted by atomic mass is 32.2. The van der Waals surface area contributed by atoms with Crippen LogP contribution in [-0.2, 0) is 17.8 Å². The van der Waals surface area contributed by atoms with E-state index in [0.29, 0.717) is 21.9 Å². The number of aromatic nitrogens is 2. The van der Waals surface area contributed by atoms with Crippen molar-refractivity contribution in [2.24, 2.45) is 0 Å². The number of carbonyl (C=O) groups excluding carboxylic acids is 1. The molecule has 2 aromatic heterocycles. The number of carbonyl (C=O) groups is 1. The van der Waals surface area contributed by atoms with E-state index < -0.39 is 0 Å². The fraction of sp³-hybridized carbons (Fsp3) is 0.269. The van der Waals surface area contributed by atoms with Crippen LogP contribution in [0.5, 0.6) is 5.75 Å². The van der Waals surface area contributed by atoms with Crippen molar-refractivity contribution in [1.29, 1.82) is 0 Å². The summed E-state index contributed by atoms with van der Waals surface area (Å²) in [7, 11) is 1.62. The molecule has 0 saturated heterocycles. The van der Waals surface area contributed by atoms with Gasteiger partial charge in [-0.1, -0.05) is 54.2 Å². The lowest BCUT2D eigenvalue weighted by molar-refractivity contribution is -0.119. The summed E-state index contributed by atoms with van der Waals surface area (Å²) in [6.07, 6.45) is 1.77. The zero-order chi connectivity index (χ0) is 23.9. The number of thiophene rings is 1. The van der Waals surface area contributed by atoms with Crippen LogP contribution in [0.15, 0.2) is 76.0 Å². The first kappa shape index (κ1) is 24.0. The van der Waals surface area contributed by atoms with E-state index in [1.165, 1.54) is 28.7 Å². The highest BCUT2D eigenvalue weighted by Gasteiger charge is 2.16. The van der Waals surface area contributed by atoms with E-state index in [-0.39, 0.29) is 23.3 Å². The molecule has 4 rings (SSSR count). The van der Waals surface area contributed by atoms with Gasteiger partial charge in [0.15, 0.2) is 5.16 Å². The molecule has 2 heterocycles. The fourth-order valence-corrected chi connectivity index (χ4v) is 5.26. The van der Waals surface area contributed by atoms with Crippen molar-refractivity contribution in [3.63, 3.8) is 0 Å². The van der Waals surface area contributed by atoms with Crippen LogP contribution in [0.25, 0.3) is 10.2 Å². The van der Waals surface area contributed by atoms with Crippen molar-refractivity contribution >= 4 is 39.2 Å². The van der Waals surface area contributed by atoms with Crippen LogP contribution in [0.3, 0.4) is 0 Å². The molecule has 0 fully saturated rings. The quantitative estimate of drug-likeness (QED) is 0.255. The van der Waals surface area contributed by atoms with Crippen molar-refractivity contribution in [2.45, 2.75) is 37.5 Å². The minimum absolute atomic E-state index is 0.0552. The second-order valence-electron chi connectivity index (χ2n) is 8.05.